The summed E-state index contributed by atoms with van der Waals surface area (Å²) in [5, 5.41) is 6.22. The highest BCUT2D eigenvalue weighted by Gasteiger charge is 2.23. The molecular formula is C8H10N2O2. The van der Waals surface area contributed by atoms with Crippen LogP contribution in [0.2, 0.25) is 0 Å². The highest BCUT2D eigenvalue weighted by molar-refractivity contribution is 5.86. The van der Waals surface area contributed by atoms with E-state index in [9.17, 15) is 4.79 Å². The number of carbonyl (C=O) groups is 1. The second kappa shape index (κ2) is 2.97. The van der Waals surface area contributed by atoms with Gasteiger partial charge in [0.2, 0.25) is 0 Å². The topological polar surface area (TPSA) is 55.0 Å². The monoisotopic (exact) mass is 166 g/mol. The van der Waals surface area contributed by atoms with Crippen LogP contribution in [0, 0.1) is 5.92 Å². The number of esters is 1. The number of H-pyrrole nitrogens is 1. The van der Waals surface area contributed by atoms with E-state index in [-0.39, 0.29) is 5.97 Å². The van der Waals surface area contributed by atoms with Gasteiger partial charge >= 0.3 is 5.97 Å². The number of nitrogens with one attached hydrogen (secondary N) is 1. The minimum atomic E-state index is -0.306. The molecule has 4 nitrogen and oxygen atoms in total. The largest absolute Gasteiger partial charge is 0.461 e. The number of ether oxygens (including phenoxy) is 1. The van der Waals surface area contributed by atoms with E-state index in [4.69, 9.17) is 4.74 Å². The van der Waals surface area contributed by atoms with Crippen molar-refractivity contribution in [2.45, 2.75) is 12.8 Å². The molecule has 0 spiro atoms. The van der Waals surface area contributed by atoms with Gasteiger partial charge in [-0.15, -0.1) is 0 Å². The number of aromatic nitrogens is 2. The lowest BCUT2D eigenvalue weighted by Gasteiger charge is -1.99. The summed E-state index contributed by atoms with van der Waals surface area (Å²) in [7, 11) is 0. The van der Waals surface area contributed by atoms with E-state index in [1.807, 2.05) is 0 Å². The summed E-state index contributed by atoms with van der Waals surface area (Å²) in [6, 6.07) is 1.61. The Hall–Kier alpha value is -1.32. The molecule has 1 aromatic rings. The van der Waals surface area contributed by atoms with E-state index >= 15 is 0 Å². The Balaban J connectivity index is 1.83. The highest BCUT2D eigenvalue weighted by atomic mass is 16.5. The third kappa shape index (κ3) is 1.64. The molecule has 0 bridgehead atoms. The zero-order valence-corrected chi connectivity index (χ0v) is 6.62. The van der Waals surface area contributed by atoms with Crippen LogP contribution in [0.3, 0.4) is 0 Å². The van der Waals surface area contributed by atoms with Crippen LogP contribution in [-0.2, 0) is 4.74 Å². The first-order chi connectivity index (χ1) is 5.86. The molecule has 0 amide bonds. The lowest BCUT2D eigenvalue weighted by Crippen LogP contribution is -2.07. The van der Waals surface area contributed by atoms with Crippen LogP contribution in [0.4, 0.5) is 0 Å². The van der Waals surface area contributed by atoms with Crippen LogP contribution in [-0.4, -0.2) is 22.8 Å². The van der Waals surface area contributed by atoms with E-state index < -0.39 is 0 Å². The van der Waals surface area contributed by atoms with E-state index in [1.54, 1.807) is 6.07 Å². The summed E-state index contributed by atoms with van der Waals surface area (Å²) in [6.45, 7) is 0.553. The van der Waals surface area contributed by atoms with Gasteiger partial charge < -0.3 is 4.74 Å². The summed E-state index contributed by atoms with van der Waals surface area (Å²) in [5.41, 5.74) is 0.427. The Bertz CT molecular complexity index is 265. The second-order valence-electron chi connectivity index (χ2n) is 3.01. The van der Waals surface area contributed by atoms with E-state index in [0.29, 0.717) is 18.2 Å². The molecule has 2 rings (SSSR count). The van der Waals surface area contributed by atoms with Crippen LogP contribution in [0.25, 0.3) is 0 Å². The quantitative estimate of drug-likeness (QED) is 0.681. The first kappa shape index (κ1) is 7.34. The molecule has 0 atom stereocenters. The summed E-state index contributed by atoms with van der Waals surface area (Å²) in [4.78, 5) is 11.1. The van der Waals surface area contributed by atoms with Crippen LogP contribution in [0.15, 0.2) is 12.3 Å². The molecule has 12 heavy (non-hydrogen) atoms. The van der Waals surface area contributed by atoms with Crippen molar-refractivity contribution in [1.82, 2.24) is 10.2 Å². The third-order valence-corrected chi connectivity index (χ3v) is 1.87. The molecule has 0 aromatic carbocycles. The van der Waals surface area contributed by atoms with Gasteiger partial charge in [0.1, 0.15) is 5.69 Å². The van der Waals surface area contributed by atoms with Gasteiger partial charge in [0.25, 0.3) is 0 Å². The maximum absolute atomic E-state index is 11.1. The minimum absolute atomic E-state index is 0.306. The Morgan fingerprint density at radius 3 is 3.17 bits per heavy atom. The fourth-order valence-corrected chi connectivity index (χ4v) is 0.925. The molecular weight excluding hydrogens is 156 g/mol. The third-order valence-electron chi connectivity index (χ3n) is 1.87. The van der Waals surface area contributed by atoms with E-state index in [2.05, 4.69) is 10.2 Å². The average Bonchev–Trinajstić information content (AvgIpc) is 2.74. The van der Waals surface area contributed by atoms with Gasteiger partial charge in [0.05, 0.1) is 6.61 Å². The van der Waals surface area contributed by atoms with Crippen LogP contribution < -0.4 is 0 Å². The zero-order chi connectivity index (χ0) is 8.39. The molecule has 1 heterocycles. The SMILES string of the molecule is O=C(OCC1CC1)c1ccn[nH]1. The van der Waals surface area contributed by atoms with Crippen molar-refractivity contribution in [1.29, 1.82) is 0 Å². The van der Waals surface area contributed by atoms with Gasteiger partial charge in [-0.3, -0.25) is 5.10 Å². The molecule has 1 aliphatic carbocycles. The molecule has 1 aromatic heterocycles. The Morgan fingerprint density at radius 1 is 1.75 bits per heavy atom. The van der Waals surface area contributed by atoms with Crippen LogP contribution in [0.5, 0.6) is 0 Å². The van der Waals surface area contributed by atoms with E-state index in [0.717, 1.165) is 0 Å². The molecule has 1 fully saturated rings. The molecule has 4 heteroatoms. The number of aromatic amines is 1. The standard InChI is InChI=1S/C8H10N2O2/c11-8(7-3-4-9-10-7)12-5-6-1-2-6/h3-4,6H,1-2,5H2,(H,9,10). The first-order valence-corrected chi connectivity index (χ1v) is 4.03. The van der Waals surface area contributed by atoms with Crippen molar-refractivity contribution in [3.05, 3.63) is 18.0 Å². The van der Waals surface area contributed by atoms with Gasteiger partial charge in [-0.05, 0) is 24.8 Å². The normalized spacial score (nSPS) is 16.0. The Morgan fingerprint density at radius 2 is 2.58 bits per heavy atom. The van der Waals surface area contributed by atoms with Crippen LogP contribution >= 0.6 is 0 Å². The van der Waals surface area contributed by atoms with Crippen LogP contribution in [0.1, 0.15) is 23.3 Å². The molecule has 64 valence electrons. The van der Waals surface area contributed by atoms with Gasteiger partial charge in [0, 0.05) is 6.20 Å². The summed E-state index contributed by atoms with van der Waals surface area (Å²) >= 11 is 0. The molecule has 1 saturated carbocycles. The van der Waals surface area contributed by atoms with Crippen molar-refractivity contribution < 1.29 is 9.53 Å². The molecule has 0 saturated heterocycles. The van der Waals surface area contributed by atoms with Gasteiger partial charge in [-0.2, -0.15) is 5.10 Å². The van der Waals surface area contributed by atoms with Crippen molar-refractivity contribution in [2.75, 3.05) is 6.61 Å². The van der Waals surface area contributed by atoms with Crippen molar-refractivity contribution in [3.8, 4) is 0 Å². The van der Waals surface area contributed by atoms with Crippen molar-refractivity contribution in [2.24, 2.45) is 5.92 Å². The molecule has 0 aliphatic heterocycles. The maximum Gasteiger partial charge on any atom is 0.356 e. The Kier molecular flexibility index (Phi) is 1.81. The first-order valence-electron chi connectivity index (χ1n) is 4.03. The fourth-order valence-electron chi connectivity index (χ4n) is 0.925. The van der Waals surface area contributed by atoms with Gasteiger partial charge in [0.15, 0.2) is 0 Å². The molecule has 0 unspecified atom stereocenters. The smallest absolute Gasteiger partial charge is 0.356 e. The van der Waals surface area contributed by atoms with Gasteiger partial charge in [-0.1, -0.05) is 0 Å². The van der Waals surface area contributed by atoms with Crippen molar-refractivity contribution >= 4 is 5.97 Å². The number of carbonyl (C=O) groups excluding carboxylic acids is 1. The zero-order valence-electron chi connectivity index (χ0n) is 6.62. The number of rotatable bonds is 3. The number of hydrogen-bond acceptors (Lipinski definition) is 3. The summed E-state index contributed by atoms with van der Waals surface area (Å²) in [6.07, 6.45) is 3.92. The Labute approximate surface area is 69.9 Å². The summed E-state index contributed by atoms with van der Waals surface area (Å²) in [5.74, 6) is 0.302. The maximum atomic E-state index is 11.1. The fraction of sp³-hybridized carbons (Fsp3) is 0.500. The number of nitrogens with zero attached hydrogens (tertiary/aromatic N) is 1. The molecule has 0 radical (unpaired) electrons. The lowest BCUT2D eigenvalue weighted by atomic mass is 10.4. The molecule has 1 aliphatic rings. The highest BCUT2D eigenvalue weighted by Crippen LogP contribution is 2.28. The predicted molar refractivity (Wildman–Crippen MR) is 41.6 cm³/mol. The second-order valence-corrected chi connectivity index (χ2v) is 3.01. The van der Waals surface area contributed by atoms with Crippen molar-refractivity contribution in [3.63, 3.8) is 0 Å². The summed E-state index contributed by atoms with van der Waals surface area (Å²) < 4.78 is 5.00. The van der Waals surface area contributed by atoms with E-state index in [1.165, 1.54) is 19.0 Å². The number of hydrogen-bond donors (Lipinski definition) is 1. The van der Waals surface area contributed by atoms with Gasteiger partial charge in [-0.25, -0.2) is 4.79 Å². The minimum Gasteiger partial charge on any atom is -0.461 e. The predicted octanol–water partition coefficient (Wildman–Crippen LogP) is 0.976. The average molecular weight is 166 g/mol. The molecule has 1 N–H and O–H groups in total. The lowest BCUT2D eigenvalue weighted by molar-refractivity contribution is 0.0479.